The molecule has 96 valence electrons. The second kappa shape index (κ2) is 4.79. The Balaban J connectivity index is 2.04. The van der Waals surface area contributed by atoms with Crippen LogP contribution < -0.4 is 0 Å². The predicted octanol–water partition coefficient (Wildman–Crippen LogP) is 3.33. The maximum absolute atomic E-state index is 5.90. The van der Waals surface area contributed by atoms with Crippen LogP contribution in [0.5, 0.6) is 0 Å². The molecule has 2 aromatic heterocycles. The smallest absolute Gasteiger partial charge is 0.165 e. The van der Waals surface area contributed by atoms with Gasteiger partial charge >= 0.3 is 0 Å². The maximum Gasteiger partial charge on any atom is 0.165 e. The quantitative estimate of drug-likeness (QED) is 0.681. The molecular weight excluding hydrogens is 283 g/mol. The molecule has 3 aromatic rings. The number of hydrogen-bond donors (Lipinski definition) is 0. The van der Waals surface area contributed by atoms with Gasteiger partial charge < -0.3 is 0 Å². The van der Waals surface area contributed by atoms with E-state index in [0.29, 0.717) is 17.2 Å². The average molecular weight is 293 g/mol. The van der Waals surface area contributed by atoms with E-state index in [0.717, 1.165) is 22.2 Å². The van der Waals surface area contributed by atoms with E-state index in [1.165, 1.54) is 0 Å². The van der Waals surface area contributed by atoms with E-state index in [2.05, 4.69) is 15.2 Å². The minimum Gasteiger partial charge on any atom is -0.266 e. The van der Waals surface area contributed by atoms with E-state index in [4.69, 9.17) is 23.2 Å². The van der Waals surface area contributed by atoms with Gasteiger partial charge in [-0.05, 0) is 24.6 Å². The monoisotopic (exact) mass is 292 g/mol. The van der Waals surface area contributed by atoms with Gasteiger partial charge in [-0.25, -0.2) is 4.98 Å². The molecule has 0 unspecified atom stereocenters. The van der Waals surface area contributed by atoms with Gasteiger partial charge in [0.25, 0.3) is 0 Å². The van der Waals surface area contributed by atoms with Gasteiger partial charge in [0, 0.05) is 17.5 Å². The summed E-state index contributed by atoms with van der Waals surface area (Å²) in [7, 11) is 0. The molecule has 0 fully saturated rings. The number of fused-ring (bicyclic) bond motifs is 1. The van der Waals surface area contributed by atoms with Crippen molar-refractivity contribution in [3.8, 4) is 0 Å². The molecular formula is C13H10Cl2N4. The number of hydrogen-bond acceptors (Lipinski definition) is 3. The summed E-state index contributed by atoms with van der Waals surface area (Å²) in [6, 6.07) is 9.38. The first-order chi connectivity index (χ1) is 9.13. The van der Waals surface area contributed by atoms with Crippen LogP contribution in [-0.2, 0) is 6.42 Å². The first kappa shape index (κ1) is 12.4. The lowest BCUT2D eigenvalue weighted by Gasteiger charge is -2.04. The molecule has 2 heterocycles. The first-order valence-electron chi connectivity index (χ1n) is 5.75. The molecule has 0 saturated carbocycles. The van der Waals surface area contributed by atoms with Crippen LogP contribution >= 0.6 is 23.2 Å². The van der Waals surface area contributed by atoms with Crippen molar-refractivity contribution in [3.63, 3.8) is 0 Å². The summed E-state index contributed by atoms with van der Waals surface area (Å²) in [4.78, 5) is 4.22. The van der Waals surface area contributed by atoms with Crippen molar-refractivity contribution < 1.29 is 0 Å². The highest BCUT2D eigenvalue weighted by Crippen LogP contribution is 2.16. The largest absolute Gasteiger partial charge is 0.266 e. The summed E-state index contributed by atoms with van der Waals surface area (Å²) in [5.41, 5.74) is 1.83. The minimum atomic E-state index is 0.426. The van der Waals surface area contributed by atoms with Crippen molar-refractivity contribution in [2.24, 2.45) is 0 Å². The summed E-state index contributed by atoms with van der Waals surface area (Å²) in [6.07, 6.45) is 0.669. The van der Waals surface area contributed by atoms with E-state index >= 15 is 0 Å². The summed E-state index contributed by atoms with van der Waals surface area (Å²) < 4.78 is 1.90. The number of halogens is 2. The van der Waals surface area contributed by atoms with Crippen molar-refractivity contribution in [2.75, 3.05) is 0 Å². The van der Waals surface area contributed by atoms with Gasteiger partial charge in [-0.2, -0.15) is 0 Å². The molecule has 19 heavy (non-hydrogen) atoms. The molecule has 0 amide bonds. The maximum atomic E-state index is 5.90. The summed E-state index contributed by atoms with van der Waals surface area (Å²) in [5.74, 6) is 1.61. The molecule has 0 saturated heterocycles. The normalized spacial score (nSPS) is 11.1. The molecule has 0 N–H and O–H groups in total. The molecule has 0 aliphatic rings. The zero-order chi connectivity index (χ0) is 13.4. The number of aromatic nitrogens is 4. The fraction of sp³-hybridized carbons (Fsp3) is 0.154. The standard InChI is InChI=1S/C13H10Cl2N4/c1-8-16-11(15)7-13-18-17-12(19(8)13)6-9-2-4-10(14)5-3-9/h2-5,7H,6H2,1H3. The van der Waals surface area contributed by atoms with E-state index in [1.54, 1.807) is 6.07 Å². The SMILES string of the molecule is Cc1nc(Cl)cc2nnc(Cc3ccc(Cl)cc3)n12. The third kappa shape index (κ3) is 2.41. The van der Waals surface area contributed by atoms with Gasteiger partial charge in [-0.15, -0.1) is 10.2 Å². The molecule has 6 heteroatoms. The fourth-order valence-electron chi connectivity index (χ4n) is 2.02. The molecule has 0 spiro atoms. The van der Waals surface area contributed by atoms with Gasteiger partial charge in [0.2, 0.25) is 0 Å². The van der Waals surface area contributed by atoms with Crippen molar-refractivity contribution in [1.29, 1.82) is 0 Å². The minimum absolute atomic E-state index is 0.426. The Morgan fingerprint density at radius 3 is 2.58 bits per heavy atom. The lowest BCUT2D eigenvalue weighted by atomic mass is 10.1. The first-order valence-corrected chi connectivity index (χ1v) is 6.50. The van der Waals surface area contributed by atoms with Crippen molar-refractivity contribution in [1.82, 2.24) is 19.6 Å². The predicted molar refractivity (Wildman–Crippen MR) is 74.8 cm³/mol. The van der Waals surface area contributed by atoms with Crippen LogP contribution in [0.2, 0.25) is 10.2 Å². The van der Waals surface area contributed by atoms with Gasteiger partial charge in [0.1, 0.15) is 16.8 Å². The second-order valence-electron chi connectivity index (χ2n) is 4.24. The van der Waals surface area contributed by atoms with Crippen LogP contribution in [0.1, 0.15) is 17.2 Å². The Bertz CT molecular complexity index is 734. The average Bonchev–Trinajstić information content (AvgIpc) is 2.75. The number of nitrogens with zero attached hydrogens (tertiary/aromatic N) is 4. The molecule has 0 aliphatic carbocycles. The molecule has 0 atom stereocenters. The Kier molecular flexibility index (Phi) is 3.12. The summed E-state index contributed by atoms with van der Waals surface area (Å²) in [5, 5.41) is 9.46. The molecule has 0 radical (unpaired) electrons. The van der Waals surface area contributed by atoms with Crippen LogP contribution in [0.3, 0.4) is 0 Å². The van der Waals surface area contributed by atoms with Crippen molar-refractivity contribution in [2.45, 2.75) is 13.3 Å². The lowest BCUT2D eigenvalue weighted by molar-refractivity contribution is 0.885. The highest BCUT2D eigenvalue weighted by Gasteiger charge is 2.10. The second-order valence-corrected chi connectivity index (χ2v) is 5.06. The zero-order valence-corrected chi connectivity index (χ0v) is 11.7. The van der Waals surface area contributed by atoms with Gasteiger partial charge in [-0.3, -0.25) is 4.40 Å². The van der Waals surface area contributed by atoms with E-state index < -0.39 is 0 Å². The number of rotatable bonds is 2. The Morgan fingerprint density at radius 1 is 1.11 bits per heavy atom. The molecule has 4 nitrogen and oxygen atoms in total. The molecule has 3 rings (SSSR count). The van der Waals surface area contributed by atoms with E-state index in [1.807, 2.05) is 35.6 Å². The van der Waals surface area contributed by atoms with Gasteiger partial charge in [0.05, 0.1) is 0 Å². The van der Waals surface area contributed by atoms with Gasteiger partial charge in [0.15, 0.2) is 5.65 Å². The lowest BCUT2D eigenvalue weighted by Crippen LogP contribution is -2.02. The van der Waals surface area contributed by atoms with E-state index in [9.17, 15) is 0 Å². The molecule has 1 aromatic carbocycles. The highest BCUT2D eigenvalue weighted by atomic mass is 35.5. The third-order valence-corrected chi connectivity index (χ3v) is 3.32. The number of benzene rings is 1. The topological polar surface area (TPSA) is 43.1 Å². The van der Waals surface area contributed by atoms with Crippen molar-refractivity contribution in [3.05, 3.63) is 57.7 Å². The van der Waals surface area contributed by atoms with Crippen LogP contribution in [0.4, 0.5) is 0 Å². The summed E-state index contributed by atoms with van der Waals surface area (Å²) >= 11 is 11.8. The Morgan fingerprint density at radius 2 is 1.84 bits per heavy atom. The van der Waals surface area contributed by atoms with Crippen LogP contribution in [0.25, 0.3) is 5.65 Å². The van der Waals surface area contributed by atoms with Crippen LogP contribution in [-0.4, -0.2) is 19.6 Å². The third-order valence-electron chi connectivity index (χ3n) is 2.87. The fourth-order valence-corrected chi connectivity index (χ4v) is 2.37. The highest BCUT2D eigenvalue weighted by molar-refractivity contribution is 6.30. The van der Waals surface area contributed by atoms with Gasteiger partial charge in [-0.1, -0.05) is 35.3 Å². The van der Waals surface area contributed by atoms with Crippen LogP contribution in [0, 0.1) is 6.92 Å². The summed E-state index contributed by atoms with van der Waals surface area (Å²) in [6.45, 7) is 1.88. The Hall–Kier alpha value is -1.65. The number of aryl methyl sites for hydroxylation is 1. The molecule has 0 bridgehead atoms. The zero-order valence-electron chi connectivity index (χ0n) is 10.1. The van der Waals surface area contributed by atoms with E-state index in [-0.39, 0.29) is 0 Å². The van der Waals surface area contributed by atoms with Crippen LogP contribution in [0.15, 0.2) is 30.3 Å². The Labute approximate surface area is 120 Å². The molecule has 0 aliphatic heterocycles. The van der Waals surface area contributed by atoms with Crippen molar-refractivity contribution >= 4 is 28.8 Å².